The number of nitrogens with one attached hydrogen (secondary N) is 2. The first-order valence-electron chi connectivity index (χ1n) is 9.30. The van der Waals surface area contributed by atoms with Crippen molar-refractivity contribution >= 4 is 34.2 Å². The SMILES string of the molecule is C[C@H]([NH2+]CC(=O)NNC(=O)COc1ccc(Cl)cc1)c1cccc2ccccc12. The second-order valence-electron chi connectivity index (χ2n) is 6.64. The monoisotopic (exact) mass is 412 g/mol. The van der Waals surface area contributed by atoms with Gasteiger partial charge in [0, 0.05) is 10.6 Å². The Balaban J connectivity index is 1.42. The van der Waals surface area contributed by atoms with Crippen molar-refractivity contribution in [2.45, 2.75) is 13.0 Å². The number of rotatable bonds is 7. The van der Waals surface area contributed by atoms with E-state index in [9.17, 15) is 9.59 Å². The van der Waals surface area contributed by atoms with Crippen LogP contribution in [0.25, 0.3) is 10.8 Å². The van der Waals surface area contributed by atoms with E-state index < -0.39 is 5.91 Å². The molecule has 3 aromatic rings. The van der Waals surface area contributed by atoms with Gasteiger partial charge in [-0.15, -0.1) is 0 Å². The van der Waals surface area contributed by atoms with Gasteiger partial charge in [-0.1, -0.05) is 54.1 Å². The molecule has 0 aromatic heterocycles. The van der Waals surface area contributed by atoms with Crippen LogP contribution in [0.1, 0.15) is 18.5 Å². The molecule has 3 rings (SSSR count). The number of quaternary nitrogens is 1. The molecule has 29 heavy (non-hydrogen) atoms. The molecule has 0 saturated carbocycles. The highest BCUT2D eigenvalue weighted by Crippen LogP contribution is 2.22. The molecular weight excluding hydrogens is 390 g/mol. The maximum absolute atomic E-state index is 12.0. The number of benzene rings is 3. The molecule has 0 saturated heterocycles. The van der Waals surface area contributed by atoms with Crippen LogP contribution in [0.5, 0.6) is 5.75 Å². The predicted octanol–water partition coefficient (Wildman–Crippen LogP) is 2.34. The molecule has 1 atom stereocenters. The Hall–Kier alpha value is -3.09. The van der Waals surface area contributed by atoms with Crippen LogP contribution in [-0.4, -0.2) is 25.0 Å². The van der Waals surface area contributed by atoms with E-state index in [2.05, 4.69) is 35.1 Å². The van der Waals surface area contributed by atoms with Crippen molar-refractivity contribution in [2.75, 3.05) is 13.2 Å². The summed E-state index contributed by atoms with van der Waals surface area (Å²) < 4.78 is 5.32. The molecule has 2 amide bonds. The maximum atomic E-state index is 12.0. The summed E-state index contributed by atoms with van der Waals surface area (Å²) in [5.41, 5.74) is 5.91. The molecule has 0 aliphatic heterocycles. The molecule has 3 aromatic carbocycles. The quantitative estimate of drug-likeness (QED) is 0.521. The summed E-state index contributed by atoms with van der Waals surface area (Å²) in [7, 11) is 0. The molecule has 0 bridgehead atoms. The molecule has 0 heterocycles. The van der Waals surface area contributed by atoms with Gasteiger partial charge in [-0.3, -0.25) is 20.4 Å². The van der Waals surface area contributed by atoms with Gasteiger partial charge >= 0.3 is 0 Å². The minimum atomic E-state index is -0.449. The number of amides is 2. The van der Waals surface area contributed by atoms with Gasteiger partial charge in [-0.2, -0.15) is 0 Å². The molecule has 0 unspecified atom stereocenters. The van der Waals surface area contributed by atoms with E-state index in [1.807, 2.05) is 30.4 Å². The Bertz CT molecular complexity index is 987. The van der Waals surface area contributed by atoms with Gasteiger partial charge in [0.05, 0.1) is 0 Å². The fraction of sp³-hybridized carbons (Fsp3) is 0.182. The summed E-state index contributed by atoms with van der Waals surface area (Å²) in [5, 5.41) is 4.85. The Kier molecular flexibility index (Phi) is 7.05. The first-order chi connectivity index (χ1) is 14.0. The van der Waals surface area contributed by atoms with Crippen LogP contribution in [0.2, 0.25) is 5.02 Å². The van der Waals surface area contributed by atoms with Gasteiger partial charge in [0.25, 0.3) is 11.8 Å². The van der Waals surface area contributed by atoms with E-state index in [1.54, 1.807) is 24.3 Å². The lowest BCUT2D eigenvalue weighted by Gasteiger charge is -2.14. The predicted molar refractivity (Wildman–Crippen MR) is 112 cm³/mol. The van der Waals surface area contributed by atoms with Crippen LogP contribution in [0, 0.1) is 0 Å². The topological polar surface area (TPSA) is 84.0 Å². The number of ether oxygens (including phenoxy) is 1. The van der Waals surface area contributed by atoms with Crippen LogP contribution in [0.3, 0.4) is 0 Å². The van der Waals surface area contributed by atoms with Gasteiger partial charge in [0.15, 0.2) is 13.2 Å². The zero-order valence-electron chi connectivity index (χ0n) is 16.0. The minimum Gasteiger partial charge on any atom is -0.484 e. The molecule has 6 nitrogen and oxygen atoms in total. The molecule has 0 radical (unpaired) electrons. The molecular formula is C22H23ClN3O3+. The summed E-state index contributed by atoms with van der Waals surface area (Å²) in [6, 6.07) is 21.1. The van der Waals surface area contributed by atoms with E-state index >= 15 is 0 Å². The normalized spacial score (nSPS) is 11.7. The van der Waals surface area contributed by atoms with Crippen LogP contribution in [0.4, 0.5) is 0 Å². The van der Waals surface area contributed by atoms with Crippen molar-refractivity contribution in [3.05, 3.63) is 77.3 Å². The van der Waals surface area contributed by atoms with Crippen molar-refractivity contribution in [1.82, 2.24) is 10.9 Å². The van der Waals surface area contributed by atoms with Gasteiger partial charge in [0.2, 0.25) is 0 Å². The molecule has 7 heteroatoms. The summed E-state index contributed by atoms with van der Waals surface area (Å²) in [4.78, 5) is 23.9. The highest BCUT2D eigenvalue weighted by atomic mass is 35.5. The minimum absolute atomic E-state index is 0.0933. The Morgan fingerprint density at radius 2 is 1.66 bits per heavy atom. The van der Waals surface area contributed by atoms with Gasteiger partial charge in [-0.05, 0) is 42.0 Å². The second-order valence-corrected chi connectivity index (χ2v) is 7.07. The van der Waals surface area contributed by atoms with Crippen LogP contribution < -0.4 is 20.9 Å². The van der Waals surface area contributed by atoms with Crippen LogP contribution in [0.15, 0.2) is 66.7 Å². The van der Waals surface area contributed by atoms with Gasteiger partial charge in [0.1, 0.15) is 11.8 Å². The third-order valence-electron chi connectivity index (χ3n) is 4.50. The highest BCUT2D eigenvalue weighted by molar-refractivity contribution is 6.30. The zero-order valence-corrected chi connectivity index (χ0v) is 16.8. The number of halogens is 1. The largest absolute Gasteiger partial charge is 0.484 e. The summed E-state index contributed by atoms with van der Waals surface area (Å²) in [6.07, 6.45) is 0. The lowest BCUT2D eigenvalue weighted by atomic mass is 10.00. The average Bonchev–Trinajstić information content (AvgIpc) is 2.75. The number of carbonyl (C=O) groups is 2. The van der Waals surface area contributed by atoms with Crippen molar-refractivity contribution in [2.24, 2.45) is 0 Å². The number of hydrazine groups is 1. The highest BCUT2D eigenvalue weighted by Gasteiger charge is 2.14. The molecule has 0 aliphatic rings. The number of hydrogen-bond acceptors (Lipinski definition) is 3. The van der Waals surface area contributed by atoms with Crippen LogP contribution >= 0.6 is 11.6 Å². The Morgan fingerprint density at radius 3 is 2.45 bits per heavy atom. The van der Waals surface area contributed by atoms with Crippen molar-refractivity contribution in [3.8, 4) is 5.75 Å². The summed E-state index contributed by atoms with van der Waals surface area (Å²) in [6.45, 7) is 2.02. The van der Waals surface area contributed by atoms with E-state index in [0.717, 1.165) is 5.56 Å². The first kappa shape index (κ1) is 20.6. The summed E-state index contributed by atoms with van der Waals surface area (Å²) in [5.74, 6) is -0.222. The Morgan fingerprint density at radius 1 is 0.966 bits per heavy atom. The fourth-order valence-electron chi connectivity index (χ4n) is 2.96. The van der Waals surface area contributed by atoms with Crippen molar-refractivity contribution < 1.29 is 19.6 Å². The maximum Gasteiger partial charge on any atom is 0.293 e. The van der Waals surface area contributed by atoms with Gasteiger partial charge < -0.3 is 10.1 Å². The standard InChI is InChI=1S/C22H22ClN3O3/c1-15(19-8-4-6-16-5-2-3-7-20(16)19)24-13-21(27)25-26-22(28)14-29-18-11-9-17(23)10-12-18/h2-12,15,24H,13-14H2,1H3,(H,25,27)(H,26,28)/p+1/t15-/m0/s1. The number of hydrogen-bond donors (Lipinski definition) is 3. The molecule has 0 spiro atoms. The van der Waals surface area contributed by atoms with E-state index in [-0.39, 0.29) is 25.1 Å². The third-order valence-corrected chi connectivity index (χ3v) is 4.75. The van der Waals surface area contributed by atoms with Gasteiger partial charge in [-0.25, -0.2) is 0 Å². The smallest absolute Gasteiger partial charge is 0.293 e. The fourth-order valence-corrected chi connectivity index (χ4v) is 3.09. The average molecular weight is 413 g/mol. The lowest BCUT2D eigenvalue weighted by Crippen LogP contribution is -2.87. The van der Waals surface area contributed by atoms with Crippen LogP contribution in [-0.2, 0) is 9.59 Å². The molecule has 150 valence electrons. The number of fused-ring (bicyclic) bond motifs is 1. The number of nitrogens with two attached hydrogens (primary N) is 1. The second kappa shape index (κ2) is 9.91. The number of carbonyl (C=O) groups excluding carboxylic acids is 2. The molecule has 0 aliphatic carbocycles. The van der Waals surface area contributed by atoms with Crippen molar-refractivity contribution in [3.63, 3.8) is 0 Å². The van der Waals surface area contributed by atoms with Crippen molar-refractivity contribution in [1.29, 1.82) is 0 Å². The first-order valence-corrected chi connectivity index (χ1v) is 9.68. The van der Waals surface area contributed by atoms with E-state index in [0.29, 0.717) is 10.8 Å². The molecule has 0 fully saturated rings. The summed E-state index contributed by atoms with van der Waals surface area (Å²) >= 11 is 5.79. The third kappa shape index (κ3) is 5.94. The zero-order chi connectivity index (χ0) is 20.6. The lowest BCUT2D eigenvalue weighted by molar-refractivity contribution is -0.682. The molecule has 4 N–H and O–H groups in total. The Labute approximate surface area is 174 Å². The van der Waals surface area contributed by atoms with E-state index in [1.165, 1.54) is 10.8 Å². The van der Waals surface area contributed by atoms with E-state index in [4.69, 9.17) is 16.3 Å².